The number of hydrogen-bond donors (Lipinski definition) is 1. The topological polar surface area (TPSA) is 122 Å². The first-order chi connectivity index (χ1) is 14.6. The molecular weight excluding hydrogens is 421 g/mol. The van der Waals surface area contributed by atoms with Crippen molar-refractivity contribution < 1.29 is 13.3 Å². The summed E-state index contributed by atoms with van der Waals surface area (Å²) in [4.78, 5) is 4.18. The van der Waals surface area contributed by atoms with E-state index in [-0.39, 0.29) is 23.1 Å². The average Bonchev–Trinajstić information content (AvgIpc) is 3.02. The smallest absolute Gasteiger partial charge is 0.194 e. The highest BCUT2D eigenvalue weighted by atomic mass is 32.2. The number of pyridine rings is 1. The SMILES string of the molecule is C[C@H]1Oc2cc(cnc2N)-c2c(nn(C)c2C#N)N=S(C)(=O)N(C)c2ccc(F)cc21. The van der Waals surface area contributed by atoms with Crippen LogP contribution in [0.25, 0.3) is 11.1 Å². The van der Waals surface area contributed by atoms with E-state index in [1.807, 2.05) is 0 Å². The fourth-order valence-corrected chi connectivity index (χ4v) is 4.55. The van der Waals surface area contributed by atoms with E-state index in [0.717, 1.165) is 0 Å². The standard InChI is InChI=1S/C20H20FN7O2S/c1-11-14-8-13(21)5-6-15(14)28(3)31(4,29)26-20-18(16(9-22)27(2)25-20)12-7-17(30-11)19(23)24-10-12/h5-8,10-11H,1-4H3,(H2,23,24)/t11-,31?/m1/s1. The van der Waals surface area contributed by atoms with Crippen molar-refractivity contribution in [2.45, 2.75) is 13.0 Å². The Hall–Kier alpha value is -3.65. The largest absolute Gasteiger partial charge is 0.482 e. The van der Waals surface area contributed by atoms with E-state index in [1.54, 1.807) is 27.1 Å². The second-order valence-corrected chi connectivity index (χ2v) is 9.46. The van der Waals surface area contributed by atoms with E-state index in [9.17, 15) is 13.9 Å². The van der Waals surface area contributed by atoms with Gasteiger partial charge in [-0.15, -0.1) is 0 Å². The predicted octanol–water partition coefficient (Wildman–Crippen LogP) is 3.31. The molecule has 1 aliphatic heterocycles. The molecule has 4 rings (SSSR count). The highest BCUT2D eigenvalue weighted by Gasteiger charge is 2.26. The lowest BCUT2D eigenvalue weighted by atomic mass is 10.1. The molecule has 0 fully saturated rings. The number of rotatable bonds is 0. The highest BCUT2D eigenvalue weighted by molar-refractivity contribution is 7.94. The molecule has 1 aromatic carbocycles. The summed E-state index contributed by atoms with van der Waals surface area (Å²) < 4.78 is 41.0. The molecule has 3 aromatic rings. The van der Waals surface area contributed by atoms with Gasteiger partial charge in [0, 0.05) is 37.7 Å². The fourth-order valence-electron chi connectivity index (χ4n) is 3.45. The van der Waals surface area contributed by atoms with E-state index in [4.69, 9.17) is 10.5 Å². The summed E-state index contributed by atoms with van der Waals surface area (Å²) in [5.41, 5.74) is 8.04. The summed E-state index contributed by atoms with van der Waals surface area (Å²) in [6.07, 6.45) is 2.28. The van der Waals surface area contributed by atoms with Crippen LogP contribution in [-0.4, -0.2) is 32.3 Å². The molecule has 2 N–H and O–H groups in total. The van der Waals surface area contributed by atoms with E-state index in [2.05, 4.69) is 20.5 Å². The molecule has 0 spiro atoms. The van der Waals surface area contributed by atoms with Gasteiger partial charge in [0.1, 0.15) is 33.6 Å². The van der Waals surface area contributed by atoms with Crippen molar-refractivity contribution in [3.63, 3.8) is 0 Å². The summed E-state index contributed by atoms with van der Waals surface area (Å²) in [5.74, 6) is 0.0615. The van der Waals surface area contributed by atoms with Crippen molar-refractivity contribution in [1.82, 2.24) is 14.8 Å². The van der Waals surface area contributed by atoms with Gasteiger partial charge in [-0.25, -0.2) is 13.6 Å². The van der Waals surface area contributed by atoms with Crippen LogP contribution >= 0.6 is 0 Å². The number of nitrogens with zero attached hydrogens (tertiary/aromatic N) is 6. The monoisotopic (exact) mass is 441 g/mol. The molecule has 1 aliphatic rings. The lowest BCUT2D eigenvalue weighted by Crippen LogP contribution is -2.26. The molecule has 0 amide bonds. The van der Waals surface area contributed by atoms with Gasteiger partial charge in [0.25, 0.3) is 0 Å². The van der Waals surface area contributed by atoms with Crippen LogP contribution in [0.1, 0.15) is 24.3 Å². The lowest BCUT2D eigenvalue weighted by Gasteiger charge is -2.27. The number of ether oxygens (including phenoxy) is 1. The van der Waals surface area contributed by atoms with Crippen LogP contribution < -0.4 is 14.8 Å². The Labute approximate surface area is 179 Å². The molecular formula is C20H20FN7O2S. The number of nitrogens with two attached hydrogens (primary N) is 1. The Balaban J connectivity index is 2.11. The quantitative estimate of drug-likeness (QED) is 0.571. The third kappa shape index (κ3) is 3.44. The van der Waals surface area contributed by atoms with Crippen LogP contribution in [0.3, 0.4) is 0 Å². The van der Waals surface area contributed by atoms with Crippen LogP contribution in [-0.2, 0) is 17.0 Å². The summed E-state index contributed by atoms with van der Waals surface area (Å²) >= 11 is 0. The van der Waals surface area contributed by atoms with Crippen molar-refractivity contribution in [1.29, 1.82) is 5.26 Å². The second-order valence-electron chi connectivity index (χ2n) is 7.20. The Morgan fingerprint density at radius 2 is 2.06 bits per heavy atom. The number of aryl methyl sites for hydroxylation is 1. The predicted molar refractivity (Wildman–Crippen MR) is 116 cm³/mol. The fraction of sp³-hybridized carbons (Fsp3) is 0.250. The third-order valence-electron chi connectivity index (χ3n) is 5.14. The molecule has 2 atom stereocenters. The highest BCUT2D eigenvalue weighted by Crippen LogP contribution is 2.39. The van der Waals surface area contributed by atoms with Gasteiger partial charge in [0.05, 0.1) is 11.3 Å². The van der Waals surface area contributed by atoms with Gasteiger partial charge in [0.2, 0.25) is 0 Å². The van der Waals surface area contributed by atoms with Crippen molar-refractivity contribution in [3.05, 3.63) is 47.5 Å². The zero-order valence-electron chi connectivity index (χ0n) is 17.3. The molecule has 1 unspecified atom stereocenters. The number of nitriles is 1. The number of fused-ring (bicyclic) bond motifs is 5. The maximum absolute atomic E-state index is 14.1. The first kappa shape index (κ1) is 20.6. The van der Waals surface area contributed by atoms with Gasteiger partial charge in [0.15, 0.2) is 17.4 Å². The number of aromatic nitrogens is 3. The molecule has 0 aliphatic carbocycles. The molecule has 31 heavy (non-hydrogen) atoms. The molecule has 160 valence electrons. The van der Waals surface area contributed by atoms with Crippen LogP contribution in [0.5, 0.6) is 5.75 Å². The maximum Gasteiger partial charge on any atom is 0.194 e. The summed E-state index contributed by atoms with van der Waals surface area (Å²) in [5, 5.41) is 14.0. The van der Waals surface area contributed by atoms with Crippen molar-refractivity contribution >= 4 is 27.2 Å². The van der Waals surface area contributed by atoms with Crippen LogP contribution in [0, 0.1) is 17.1 Å². The second kappa shape index (κ2) is 7.24. The summed E-state index contributed by atoms with van der Waals surface area (Å²) in [7, 11) is 0.136. The number of halogens is 1. The van der Waals surface area contributed by atoms with E-state index < -0.39 is 21.8 Å². The van der Waals surface area contributed by atoms with Gasteiger partial charge in [-0.1, -0.05) is 0 Å². The van der Waals surface area contributed by atoms with Crippen molar-refractivity contribution in [2.24, 2.45) is 11.4 Å². The molecule has 3 heterocycles. The normalized spacial score (nSPS) is 20.3. The summed E-state index contributed by atoms with van der Waals surface area (Å²) in [6, 6.07) is 7.85. The third-order valence-corrected chi connectivity index (χ3v) is 6.86. The first-order valence-electron chi connectivity index (χ1n) is 9.27. The van der Waals surface area contributed by atoms with E-state index in [0.29, 0.717) is 22.4 Å². The molecule has 9 nitrogen and oxygen atoms in total. The van der Waals surface area contributed by atoms with Gasteiger partial charge in [-0.05, 0) is 31.2 Å². The molecule has 0 radical (unpaired) electrons. The van der Waals surface area contributed by atoms with Gasteiger partial charge in [-0.2, -0.15) is 14.7 Å². The zero-order chi connectivity index (χ0) is 22.5. The summed E-state index contributed by atoms with van der Waals surface area (Å²) in [6.45, 7) is 1.73. The number of benzene rings is 1. The van der Waals surface area contributed by atoms with Crippen molar-refractivity contribution in [2.75, 3.05) is 23.3 Å². The lowest BCUT2D eigenvalue weighted by molar-refractivity contribution is 0.228. The Morgan fingerprint density at radius 3 is 2.77 bits per heavy atom. The Morgan fingerprint density at radius 1 is 1.32 bits per heavy atom. The number of hydrogen-bond acceptors (Lipinski definition) is 7. The van der Waals surface area contributed by atoms with E-state index in [1.165, 1.54) is 39.6 Å². The molecule has 0 saturated heterocycles. The average molecular weight is 441 g/mol. The maximum atomic E-state index is 14.1. The number of nitrogen functional groups attached to an aromatic ring is 1. The van der Waals surface area contributed by atoms with Gasteiger partial charge in [-0.3, -0.25) is 8.99 Å². The van der Waals surface area contributed by atoms with Gasteiger partial charge < -0.3 is 10.5 Å². The van der Waals surface area contributed by atoms with E-state index >= 15 is 0 Å². The molecule has 0 saturated carbocycles. The van der Waals surface area contributed by atoms with Crippen LogP contribution in [0.4, 0.5) is 21.7 Å². The number of anilines is 2. The first-order valence-corrected chi connectivity index (χ1v) is 11.2. The molecule has 2 aromatic heterocycles. The molecule has 11 heteroatoms. The van der Waals surface area contributed by atoms with Crippen LogP contribution in [0.2, 0.25) is 0 Å². The minimum atomic E-state index is -3.06. The molecule has 2 bridgehead atoms. The Bertz CT molecular complexity index is 1370. The minimum absolute atomic E-state index is 0.119. The zero-order valence-corrected chi connectivity index (χ0v) is 18.1. The van der Waals surface area contributed by atoms with Gasteiger partial charge >= 0.3 is 0 Å². The minimum Gasteiger partial charge on any atom is -0.482 e. The van der Waals surface area contributed by atoms with Crippen LogP contribution in [0.15, 0.2) is 34.8 Å². The van der Waals surface area contributed by atoms with Crippen molar-refractivity contribution in [3.8, 4) is 22.9 Å². The Kier molecular flexibility index (Phi) is 4.82.